The molecule has 2 heterocycles. The van der Waals surface area contributed by atoms with Crippen LogP contribution in [0.15, 0.2) is 24.4 Å². The maximum absolute atomic E-state index is 10.7. The van der Waals surface area contributed by atoms with Crippen molar-refractivity contribution >= 4 is 17.3 Å². The molecule has 0 aliphatic rings. The molecule has 0 radical (unpaired) electrons. The molecule has 19 heavy (non-hydrogen) atoms. The first-order chi connectivity index (χ1) is 9.04. The molecule has 0 atom stereocenters. The van der Waals surface area contributed by atoms with Crippen LogP contribution in [0.3, 0.4) is 0 Å². The Bertz CT molecular complexity index is 595. The van der Waals surface area contributed by atoms with Crippen molar-refractivity contribution in [3.63, 3.8) is 0 Å². The molecule has 0 spiro atoms. The van der Waals surface area contributed by atoms with E-state index >= 15 is 0 Å². The Hall–Kier alpha value is -2.64. The van der Waals surface area contributed by atoms with Crippen molar-refractivity contribution in [3.05, 3.63) is 40.2 Å². The summed E-state index contributed by atoms with van der Waals surface area (Å²) in [6.07, 6.45) is 2.56. The molecule has 0 bridgehead atoms. The van der Waals surface area contributed by atoms with Gasteiger partial charge >= 0.3 is 0 Å². The molecule has 0 unspecified atom stereocenters. The van der Waals surface area contributed by atoms with Gasteiger partial charge in [-0.3, -0.25) is 14.8 Å². The van der Waals surface area contributed by atoms with Gasteiger partial charge in [-0.2, -0.15) is 5.10 Å². The highest BCUT2D eigenvalue weighted by molar-refractivity contribution is 5.52. The summed E-state index contributed by atoms with van der Waals surface area (Å²) in [7, 11) is 1.85. The van der Waals surface area contributed by atoms with Crippen LogP contribution in [0.5, 0.6) is 0 Å². The number of anilines is 2. The van der Waals surface area contributed by atoms with E-state index in [9.17, 15) is 10.1 Å². The van der Waals surface area contributed by atoms with Gasteiger partial charge in [0.2, 0.25) is 0 Å². The second-order valence-corrected chi connectivity index (χ2v) is 4.05. The monoisotopic (exact) mass is 262 g/mol. The zero-order valence-electron chi connectivity index (χ0n) is 10.4. The van der Waals surface area contributed by atoms with E-state index in [0.29, 0.717) is 18.8 Å². The molecule has 0 aromatic carbocycles. The van der Waals surface area contributed by atoms with Gasteiger partial charge in [-0.05, 0) is 6.07 Å². The highest BCUT2D eigenvalue weighted by atomic mass is 16.6. The number of nitrogens with one attached hydrogen (secondary N) is 1. The number of hydrogen-bond donors (Lipinski definition) is 2. The molecule has 0 amide bonds. The van der Waals surface area contributed by atoms with Crippen LogP contribution in [0.4, 0.5) is 17.3 Å². The molecule has 8 heteroatoms. The van der Waals surface area contributed by atoms with Gasteiger partial charge in [-0.25, -0.2) is 4.98 Å². The summed E-state index contributed by atoms with van der Waals surface area (Å²) in [5.41, 5.74) is 6.37. The van der Waals surface area contributed by atoms with Gasteiger partial charge in [-0.15, -0.1) is 0 Å². The van der Waals surface area contributed by atoms with E-state index in [1.807, 2.05) is 19.3 Å². The summed E-state index contributed by atoms with van der Waals surface area (Å²) in [5.74, 6) is 0.511. The molecule has 0 saturated carbocycles. The quantitative estimate of drug-likeness (QED) is 0.613. The minimum Gasteiger partial charge on any atom is -0.383 e. The van der Waals surface area contributed by atoms with Gasteiger partial charge in [0, 0.05) is 26.2 Å². The molecule has 2 aromatic rings. The fourth-order valence-corrected chi connectivity index (χ4v) is 1.65. The highest BCUT2D eigenvalue weighted by Crippen LogP contribution is 2.18. The number of aromatic nitrogens is 3. The lowest BCUT2D eigenvalue weighted by atomic mass is 10.3. The molecular weight excluding hydrogens is 248 g/mol. The average molecular weight is 262 g/mol. The van der Waals surface area contributed by atoms with Gasteiger partial charge in [0.1, 0.15) is 11.6 Å². The summed E-state index contributed by atoms with van der Waals surface area (Å²) in [6, 6.07) is 4.50. The number of pyridine rings is 1. The number of nitrogen functional groups attached to an aromatic ring is 1. The summed E-state index contributed by atoms with van der Waals surface area (Å²) in [6.45, 7) is 0.574. The van der Waals surface area contributed by atoms with E-state index in [0.717, 1.165) is 5.69 Å². The SMILES string of the molecule is Cn1ccc(CCNc2cc([N+](=O)[O-])cc(N)n2)n1. The lowest BCUT2D eigenvalue weighted by Crippen LogP contribution is -2.08. The van der Waals surface area contributed by atoms with Crippen molar-refractivity contribution in [1.29, 1.82) is 0 Å². The molecule has 3 N–H and O–H groups in total. The number of hydrogen-bond acceptors (Lipinski definition) is 6. The number of nitro groups is 1. The summed E-state index contributed by atoms with van der Waals surface area (Å²) >= 11 is 0. The minimum absolute atomic E-state index is 0.0761. The summed E-state index contributed by atoms with van der Waals surface area (Å²) in [5, 5.41) is 17.9. The molecular formula is C11H14N6O2. The van der Waals surface area contributed by atoms with Gasteiger partial charge < -0.3 is 11.1 Å². The summed E-state index contributed by atoms with van der Waals surface area (Å²) < 4.78 is 1.72. The van der Waals surface area contributed by atoms with E-state index in [-0.39, 0.29) is 11.5 Å². The highest BCUT2D eigenvalue weighted by Gasteiger charge is 2.09. The first kappa shape index (κ1) is 12.8. The molecule has 100 valence electrons. The maximum Gasteiger partial charge on any atom is 0.276 e. The fourth-order valence-electron chi connectivity index (χ4n) is 1.65. The minimum atomic E-state index is -0.498. The van der Waals surface area contributed by atoms with Crippen molar-refractivity contribution in [2.24, 2.45) is 7.05 Å². The Morgan fingerprint density at radius 1 is 1.53 bits per heavy atom. The van der Waals surface area contributed by atoms with E-state index in [1.54, 1.807) is 4.68 Å². The zero-order valence-corrected chi connectivity index (χ0v) is 10.4. The Morgan fingerprint density at radius 3 is 2.95 bits per heavy atom. The average Bonchev–Trinajstić information content (AvgIpc) is 2.74. The lowest BCUT2D eigenvalue weighted by Gasteiger charge is -2.05. The van der Waals surface area contributed by atoms with Crippen LogP contribution < -0.4 is 11.1 Å². The van der Waals surface area contributed by atoms with Crippen LogP contribution in [0.25, 0.3) is 0 Å². The smallest absolute Gasteiger partial charge is 0.276 e. The van der Waals surface area contributed by atoms with Crippen molar-refractivity contribution in [2.75, 3.05) is 17.6 Å². The van der Waals surface area contributed by atoms with Crippen molar-refractivity contribution in [3.8, 4) is 0 Å². The first-order valence-corrected chi connectivity index (χ1v) is 5.69. The molecule has 0 saturated heterocycles. The molecule has 0 fully saturated rings. The molecule has 8 nitrogen and oxygen atoms in total. The van der Waals surface area contributed by atoms with Crippen molar-refractivity contribution in [2.45, 2.75) is 6.42 Å². The second-order valence-electron chi connectivity index (χ2n) is 4.05. The largest absolute Gasteiger partial charge is 0.383 e. The predicted molar refractivity (Wildman–Crippen MR) is 70.7 cm³/mol. The van der Waals surface area contributed by atoms with Gasteiger partial charge in [0.05, 0.1) is 22.7 Å². The Kier molecular flexibility index (Phi) is 3.60. The van der Waals surface area contributed by atoms with Gasteiger partial charge in [-0.1, -0.05) is 0 Å². The Labute approximate surface area is 109 Å². The third kappa shape index (κ3) is 3.41. The van der Waals surface area contributed by atoms with Crippen LogP contribution in [0, 0.1) is 10.1 Å². The van der Waals surface area contributed by atoms with Gasteiger partial charge in [0.15, 0.2) is 0 Å². The van der Waals surface area contributed by atoms with Crippen LogP contribution in [0.2, 0.25) is 0 Å². The maximum atomic E-state index is 10.7. The predicted octanol–water partition coefficient (Wildman–Crippen LogP) is 0.960. The normalized spacial score (nSPS) is 10.4. The van der Waals surface area contributed by atoms with Crippen LogP contribution in [-0.4, -0.2) is 26.2 Å². The van der Waals surface area contributed by atoms with Crippen molar-refractivity contribution < 1.29 is 4.92 Å². The van der Waals surface area contributed by atoms with E-state index < -0.39 is 4.92 Å². The lowest BCUT2D eigenvalue weighted by molar-refractivity contribution is -0.384. The first-order valence-electron chi connectivity index (χ1n) is 5.69. The third-order valence-electron chi connectivity index (χ3n) is 2.50. The van der Waals surface area contributed by atoms with E-state index in [1.165, 1.54) is 12.1 Å². The number of rotatable bonds is 5. The molecule has 0 aliphatic carbocycles. The van der Waals surface area contributed by atoms with Crippen LogP contribution in [-0.2, 0) is 13.5 Å². The zero-order chi connectivity index (χ0) is 13.8. The van der Waals surface area contributed by atoms with Crippen LogP contribution >= 0.6 is 0 Å². The molecule has 2 rings (SSSR count). The topological polar surface area (TPSA) is 112 Å². The molecule has 0 aliphatic heterocycles. The van der Waals surface area contributed by atoms with E-state index in [2.05, 4.69) is 15.4 Å². The number of nitrogens with zero attached hydrogens (tertiary/aromatic N) is 4. The third-order valence-corrected chi connectivity index (χ3v) is 2.50. The fraction of sp³-hybridized carbons (Fsp3) is 0.273. The second kappa shape index (κ2) is 5.34. The number of nitrogens with two attached hydrogens (primary N) is 1. The standard InChI is InChI=1S/C11H14N6O2/c1-16-5-3-8(15-16)2-4-13-11-7-9(17(18)19)6-10(12)14-11/h3,5-7H,2,4H2,1H3,(H3,12,13,14). The molecule has 2 aromatic heterocycles. The van der Waals surface area contributed by atoms with Crippen LogP contribution in [0.1, 0.15) is 5.69 Å². The number of aryl methyl sites for hydroxylation is 1. The van der Waals surface area contributed by atoms with Gasteiger partial charge in [0.25, 0.3) is 5.69 Å². The van der Waals surface area contributed by atoms with E-state index in [4.69, 9.17) is 5.73 Å². The van der Waals surface area contributed by atoms with Crippen molar-refractivity contribution in [1.82, 2.24) is 14.8 Å². The Morgan fingerprint density at radius 2 is 2.32 bits per heavy atom. The Balaban J connectivity index is 1.97. The summed E-state index contributed by atoms with van der Waals surface area (Å²) in [4.78, 5) is 14.2.